The summed E-state index contributed by atoms with van der Waals surface area (Å²) in [6, 6.07) is 22.6. The summed E-state index contributed by atoms with van der Waals surface area (Å²) in [4.78, 5) is 33.1. The maximum atomic E-state index is 12.8. The van der Waals surface area contributed by atoms with E-state index in [2.05, 4.69) is 25.9 Å². The minimum absolute atomic E-state index is 0.164. The lowest BCUT2D eigenvalue weighted by atomic mass is 10.2. The zero-order valence-corrected chi connectivity index (χ0v) is 26.9. The third-order valence-corrected chi connectivity index (χ3v) is 8.49. The molecule has 0 unspecified atom stereocenters. The summed E-state index contributed by atoms with van der Waals surface area (Å²) in [7, 11) is 0.320. The van der Waals surface area contributed by atoms with Gasteiger partial charge in [-0.05, 0) is 82.5 Å². The Hall–Kier alpha value is -4.78. The summed E-state index contributed by atoms with van der Waals surface area (Å²) in [6.07, 6.45) is 4.51. The predicted molar refractivity (Wildman–Crippen MR) is 180 cm³/mol. The number of likely N-dealkylation sites (N-methyl/N-ethyl adjacent to an activating group) is 1. The lowest BCUT2D eigenvalue weighted by Crippen LogP contribution is -2.15. The van der Waals surface area contributed by atoms with Gasteiger partial charge < -0.3 is 26.6 Å². The van der Waals surface area contributed by atoms with Crippen LogP contribution in [0.3, 0.4) is 0 Å². The molecule has 45 heavy (non-hydrogen) atoms. The summed E-state index contributed by atoms with van der Waals surface area (Å²) >= 11 is 6.29. The fraction of sp³-hybridized carbons (Fsp3) is 0.188. The van der Waals surface area contributed by atoms with Crippen molar-refractivity contribution < 1.29 is 18.0 Å². The first-order valence-electron chi connectivity index (χ1n) is 13.8. The van der Waals surface area contributed by atoms with Crippen molar-refractivity contribution in [2.45, 2.75) is 24.0 Å². The molecule has 0 fully saturated rings. The SMILES string of the molecule is CC(C)S(=O)(=O)c1ccccc1Nc1nc(Nc2ccc(NC(=O)c3ccccc3)cc2)ncc1Cl.CN(C)C/C=C/C(N)=O. The third kappa shape index (κ3) is 10.7. The van der Waals surface area contributed by atoms with E-state index in [1.165, 1.54) is 12.3 Å². The van der Waals surface area contributed by atoms with Crippen LogP contribution in [0, 0.1) is 0 Å². The van der Waals surface area contributed by atoms with Gasteiger partial charge in [0.15, 0.2) is 15.7 Å². The van der Waals surface area contributed by atoms with Gasteiger partial charge in [0, 0.05) is 23.5 Å². The molecular formula is C32H36ClN7O4S. The summed E-state index contributed by atoms with van der Waals surface area (Å²) in [5.41, 5.74) is 7.09. The summed E-state index contributed by atoms with van der Waals surface area (Å²) in [5, 5.41) is 8.60. The molecule has 0 aliphatic rings. The van der Waals surface area contributed by atoms with Gasteiger partial charge in [0.2, 0.25) is 11.9 Å². The average molecular weight is 650 g/mol. The van der Waals surface area contributed by atoms with E-state index in [1.54, 1.807) is 92.7 Å². The number of halogens is 1. The molecule has 5 N–H and O–H groups in total. The molecule has 0 spiro atoms. The number of carbonyl (C=O) groups is 2. The fourth-order valence-corrected chi connectivity index (χ4v) is 4.99. The monoisotopic (exact) mass is 649 g/mol. The molecule has 0 saturated heterocycles. The van der Waals surface area contributed by atoms with Crippen molar-refractivity contribution in [3.8, 4) is 0 Å². The van der Waals surface area contributed by atoms with Crippen molar-refractivity contribution >= 4 is 62.1 Å². The zero-order valence-electron chi connectivity index (χ0n) is 25.4. The molecule has 0 radical (unpaired) electrons. The van der Waals surface area contributed by atoms with Gasteiger partial charge in [0.25, 0.3) is 5.91 Å². The van der Waals surface area contributed by atoms with E-state index in [-0.39, 0.29) is 27.6 Å². The molecule has 0 atom stereocenters. The predicted octanol–water partition coefficient (Wildman–Crippen LogP) is 5.64. The van der Waals surface area contributed by atoms with Crippen molar-refractivity contribution in [2.24, 2.45) is 5.73 Å². The molecule has 2 amide bonds. The lowest BCUT2D eigenvalue weighted by molar-refractivity contribution is -0.113. The Morgan fingerprint density at radius 2 is 1.56 bits per heavy atom. The highest BCUT2D eigenvalue weighted by atomic mass is 35.5. The topological polar surface area (TPSA) is 159 Å². The van der Waals surface area contributed by atoms with Gasteiger partial charge in [-0.25, -0.2) is 13.4 Å². The van der Waals surface area contributed by atoms with Crippen molar-refractivity contribution in [1.82, 2.24) is 14.9 Å². The molecule has 0 aliphatic carbocycles. The van der Waals surface area contributed by atoms with Crippen LogP contribution in [0.4, 0.5) is 28.8 Å². The highest BCUT2D eigenvalue weighted by molar-refractivity contribution is 7.92. The van der Waals surface area contributed by atoms with E-state index in [1.807, 2.05) is 25.1 Å². The van der Waals surface area contributed by atoms with E-state index in [9.17, 15) is 18.0 Å². The van der Waals surface area contributed by atoms with E-state index in [0.717, 1.165) is 6.54 Å². The number of nitrogens with one attached hydrogen (secondary N) is 3. The number of primary amides is 1. The molecule has 4 aromatic rings. The molecule has 0 saturated carbocycles. The second kappa shape index (κ2) is 16.3. The first kappa shape index (κ1) is 34.7. The Morgan fingerprint density at radius 3 is 2.18 bits per heavy atom. The van der Waals surface area contributed by atoms with Gasteiger partial charge in [-0.3, -0.25) is 9.59 Å². The number of hydrogen-bond acceptors (Lipinski definition) is 9. The second-order valence-corrected chi connectivity index (χ2v) is 13.1. The average Bonchev–Trinajstić information content (AvgIpc) is 3.00. The van der Waals surface area contributed by atoms with Gasteiger partial charge in [-0.2, -0.15) is 4.98 Å². The number of nitrogens with zero attached hydrogens (tertiary/aromatic N) is 3. The van der Waals surface area contributed by atoms with Crippen molar-refractivity contribution in [3.63, 3.8) is 0 Å². The molecule has 4 rings (SSSR count). The van der Waals surface area contributed by atoms with Crippen LogP contribution >= 0.6 is 11.6 Å². The smallest absolute Gasteiger partial charge is 0.255 e. The second-order valence-electron chi connectivity index (χ2n) is 10.2. The highest BCUT2D eigenvalue weighted by Gasteiger charge is 2.23. The van der Waals surface area contributed by atoms with Crippen LogP contribution < -0.4 is 21.7 Å². The summed E-state index contributed by atoms with van der Waals surface area (Å²) in [6.45, 7) is 4.01. The Morgan fingerprint density at radius 1 is 0.933 bits per heavy atom. The Labute approximate surface area is 268 Å². The third-order valence-electron chi connectivity index (χ3n) is 6.00. The van der Waals surface area contributed by atoms with Gasteiger partial charge >= 0.3 is 0 Å². The molecule has 11 nitrogen and oxygen atoms in total. The maximum Gasteiger partial charge on any atom is 0.255 e. The fourth-order valence-electron chi connectivity index (χ4n) is 3.65. The van der Waals surface area contributed by atoms with Crippen LogP contribution in [0.1, 0.15) is 24.2 Å². The number of nitrogens with two attached hydrogens (primary N) is 1. The van der Waals surface area contributed by atoms with Gasteiger partial charge in [-0.15, -0.1) is 0 Å². The number of aromatic nitrogens is 2. The number of sulfone groups is 1. The largest absolute Gasteiger partial charge is 0.366 e. The van der Waals surface area contributed by atoms with Crippen LogP contribution in [0.5, 0.6) is 0 Å². The number of carbonyl (C=O) groups excluding carboxylic acids is 2. The summed E-state index contributed by atoms with van der Waals surface area (Å²) < 4.78 is 25.5. The molecule has 0 aliphatic heterocycles. The normalized spacial score (nSPS) is 11.2. The highest BCUT2D eigenvalue weighted by Crippen LogP contribution is 2.30. The maximum absolute atomic E-state index is 12.8. The summed E-state index contributed by atoms with van der Waals surface area (Å²) in [5.74, 6) is -0.0795. The van der Waals surface area contributed by atoms with Gasteiger partial charge in [0.05, 0.1) is 22.0 Å². The minimum Gasteiger partial charge on any atom is -0.366 e. The molecule has 13 heteroatoms. The number of anilines is 5. The quantitative estimate of drug-likeness (QED) is 0.151. The first-order chi connectivity index (χ1) is 21.4. The molecule has 1 heterocycles. The van der Waals surface area contributed by atoms with E-state index < -0.39 is 21.0 Å². The Bertz CT molecular complexity index is 1730. The molecule has 3 aromatic carbocycles. The van der Waals surface area contributed by atoms with Crippen LogP contribution in [-0.2, 0) is 14.6 Å². The number of hydrogen-bond donors (Lipinski definition) is 4. The first-order valence-corrected chi connectivity index (χ1v) is 15.8. The van der Waals surface area contributed by atoms with E-state index >= 15 is 0 Å². The van der Waals surface area contributed by atoms with Gasteiger partial charge in [0.1, 0.15) is 5.02 Å². The standard InChI is InChI=1S/C26H24ClN5O3S.C6H12N2O/c1-17(2)36(34,35)23-11-7-6-10-22(23)31-24-21(27)16-28-26(32-24)30-20-14-12-19(13-15-20)29-25(33)18-8-4-3-5-9-18;1-8(2)5-3-4-6(7)9/h3-17H,1-2H3,(H,29,33)(H2,28,30,31,32);3-4H,5H2,1-2H3,(H2,7,9)/b;4-3+. The molecule has 236 valence electrons. The van der Waals surface area contributed by atoms with Crippen LogP contribution in [0.15, 0.2) is 102 Å². The molecule has 0 bridgehead atoms. The zero-order chi connectivity index (χ0) is 33.0. The van der Waals surface area contributed by atoms with Crippen molar-refractivity contribution in [1.29, 1.82) is 0 Å². The number of para-hydroxylation sites is 1. The Kier molecular flexibility index (Phi) is 12.6. The van der Waals surface area contributed by atoms with Crippen molar-refractivity contribution in [2.75, 3.05) is 36.6 Å². The minimum atomic E-state index is -3.52. The molecule has 1 aromatic heterocycles. The molecular weight excluding hydrogens is 614 g/mol. The number of rotatable bonds is 11. The van der Waals surface area contributed by atoms with Crippen molar-refractivity contribution in [3.05, 3.63) is 108 Å². The Balaban J connectivity index is 0.000000535. The van der Waals surface area contributed by atoms with Crippen LogP contribution in [-0.4, -0.2) is 61.0 Å². The number of amides is 2. The van der Waals surface area contributed by atoms with E-state index in [0.29, 0.717) is 22.6 Å². The number of benzene rings is 3. The van der Waals surface area contributed by atoms with Gasteiger partial charge in [-0.1, -0.05) is 48.0 Å². The van der Waals surface area contributed by atoms with E-state index in [4.69, 9.17) is 17.3 Å². The van der Waals surface area contributed by atoms with Crippen LogP contribution in [0.2, 0.25) is 5.02 Å². The van der Waals surface area contributed by atoms with Crippen LogP contribution in [0.25, 0.3) is 0 Å². The lowest BCUT2D eigenvalue weighted by Gasteiger charge is -2.15.